The van der Waals surface area contributed by atoms with Crippen LogP contribution >= 0.6 is 11.6 Å². The molecule has 3 aromatic carbocycles. The molecule has 1 heterocycles. The Balaban J connectivity index is 1.54. The van der Waals surface area contributed by atoms with Crippen LogP contribution in [0.3, 0.4) is 0 Å². The Hall–Kier alpha value is -3.82. The van der Waals surface area contributed by atoms with E-state index >= 15 is 0 Å². The first-order valence-corrected chi connectivity index (χ1v) is 11.1. The highest BCUT2D eigenvalue weighted by Crippen LogP contribution is 2.31. The van der Waals surface area contributed by atoms with E-state index < -0.39 is 21.8 Å². The number of fused-ring (bicyclic) bond motifs is 1. The number of halogens is 1. The van der Waals surface area contributed by atoms with E-state index in [9.17, 15) is 18.0 Å². The van der Waals surface area contributed by atoms with E-state index in [1.165, 1.54) is 48.5 Å². The number of sulfonamides is 1. The number of primary amides is 1. The second kappa shape index (κ2) is 8.37. The number of nitrogens with two attached hydrogens (primary N) is 1. The van der Waals surface area contributed by atoms with Crippen LogP contribution in [0.15, 0.2) is 82.1 Å². The molecule has 0 aliphatic rings. The van der Waals surface area contributed by atoms with Crippen LogP contribution in [-0.2, 0) is 10.0 Å². The van der Waals surface area contributed by atoms with Crippen molar-refractivity contribution in [3.05, 3.63) is 89.1 Å². The molecule has 0 bridgehead atoms. The van der Waals surface area contributed by atoms with Gasteiger partial charge in [-0.1, -0.05) is 23.7 Å². The van der Waals surface area contributed by atoms with E-state index in [0.29, 0.717) is 16.0 Å². The van der Waals surface area contributed by atoms with Crippen LogP contribution in [0.1, 0.15) is 20.9 Å². The SMILES string of the molecule is NC(=O)c1oc2ccccc2c1NC(=O)c1ccc(NS(=O)(=O)c2ccc(Cl)cc2)cc1. The van der Waals surface area contributed by atoms with Crippen LogP contribution in [0.5, 0.6) is 0 Å². The van der Waals surface area contributed by atoms with Crippen molar-refractivity contribution in [3.63, 3.8) is 0 Å². The highest BCUT2D eigenvalue weighted by molar-refractivity contribution is 7.92. The molecule has 4 N–H and O–H groups in total. The third kappa shape index (κ3) is 4.29. The lowest BCUT2D eigenvalue weighted by molar-refractivity contribution is 0.0977. The topological polar surface area (TPSA) is 132 Å². The highest BCUT2D eigenvalue weighted by atomic mass is 35.5. The van der Waals surface area contributed by atoms with Crippen LogP contribution in [0.25, 0.3) is 11.0 Å². The van der Waals surface area contributed by atoms with Gasteiger partial charge in [0.05, 0.1) is 4.90 Å². The smallest absolute Gasteiger partial charge is 0.286 e. The van der Waals surface area contributed by atoms with Crippen LogP contribution in [0.4, 0.5) is 11.4 Å². The number of anilines is 2. The summed E-state index contributed by atoms with van der Waals surface area (Å²) >= 11 is 5.79. The summed E-state index contributed by atoms with van der Waals surface area (Å²) in [6, 6.07) is 18.3. The Morgan fingerprint density at radius 3 is 2.22 bits per heavy atom. The van der Waals surface area contributed by atoms with E-state index in [-0.39, 0.29) is 27.6 Å². The molecule has 4 rings (SSSR count). The molecule has 8 nitrogen and oxygen atoms in total. The van der Waals surface area contributed by atoms with Crippen molar-refractivity contribution < 1.29 is 22.4 Å². The fourth-order valence-corrected chi connectivity index (χ4v) is 4.23. The van der Waals surface area contributed by atoms with E-state index in [0.717, 1.165) is 0 Å². The maximum Gasteiger partial charge on any atom is 0.286 e. The molecule has 162 valence electrons. The van der Waals surface area contributed by atoms with Crippen molar-refractivity contribution >= 4 is 55.8 Å². The predicted molar refractivity (Wildman–Crippen MR) is 121 cm³/mol. The highest BCUT2D eigenvalue weighted by Gasteiger charge is 2.21. The minimum absolute atomic E-state index is 0.0505. The average molecular weight is 470 g/mol. The van der Waals surface area contributed by atoms with E-state index in [4.69, 9.17) is 21.8 Å². The predicted octanol–water partition coefficient (Wildman–Crippen LogP) is 4.24. The van der Waals surface area contributed by atoms with Gasteiger partial charge >= 0.3 is 0 Å². The number of carbonyl (C=O) groups excluding carboxylic acids is 2. The Bertz CT molecular complexity index is 1430. The van der Waals surface area contributed by atoms with E-state index in [1.54, 1.807) is 24.3 Å². The van der Waals surface area contributed by atoms with Crippen LogP contribution in [0.2, 0.25) is 5.02 Å². The molecule has 32 heavy (non-hydrogen) atoms. The van der Waals surface area contributed by atoms with Gasteiger partial charge in [-0.3, -0.25) is 14.3 Å². The zero-order valence-electron chi connectivity index (χ0n) is 16.3. The van der Waals surface area contributed by atoms with Gasteiger partial charge in [0.15, 0.2) is 0 Å². The van der Waals surface area contributed by atoms with Crippen molar-refractivity contribution in [2.45, 2.75) is 4.90 Å². The standard InChI is InChI=1S/C22H16ClN3O5S/c23-14-7-11-16(12-8-14)32(29,30)26-15-9-5-13(6-10-15)22(28)25-19-17-3-1-2-4-18(17)31-20(19)21(24)27/h1-12,26H,(H2,24,27)(H,25,28). The van der Waals surface area contributed by atoms with E-state index in [1.807, 2.05) is 0 Å². The van der Waals surface area contributed by atoms with Crippen LogP contribution < -0.4 is 15.8 Å². The lowest BCUT2D eigenvalue weighted by Gasteiger charge is -2.09. The molecule has 0 spiro atoms. The Kier molecular flexibility index (Phi) is 5.60. The van der Waals surface area contributed by atoms with Crippen molar-refractivity contribution in [2.24, 2.45) is 5.73 Å². The van der Waals surface area contributed by atoms with Crippen LogP contribution in [-0.4, -0.2) is 20.2 Å². The normalized spacial score (nSPS) is 11.3. The fourth-order valence-electron chi connectivity index (χ4n) is 3.05. The van der Waals surface area contributed by atoms with Gasteiger partial charge in [0.25, 0.3) is 21.8 Å². The minimum Gasteiger partial charge on any atom is -0.449 e. The first-order valence-electron chi connectivity index (χ1n) is 9.26. The van der Waals surface area contributed by atoms with Crippen molar-refractivity contribution in [3.8, 4) is 0 Å². The quantitative estimate of drug-likeness (QED) is 0.388. The summed E-state index contributed by atoms with van der Waals surface area (Å²) in [6.07, 6.45) is 0. The number of benzene rings is 3. The molecule has 2 amide bonds. The Morgan fingerprint density at radius 2 is 1.56 bits per heavy atom. The van der Waals surface area contributed by atoms with Crippen molar-refractivity contribution in [2.75, 3.05) is 10.0 Å². The lowest BCUT2D eigenvalue weighted by Crippen LogP contribution is -2.17. The number of amides is 2. The summed E-state index contributed by atoms with van der Waals surface area (Å²) in [7, 11) is -3.82. The molecule has 10 heteroatoms. The number of carbonyl (C=O) groups is 2. The summed E-state index contributed by atoms with van der Waals surface area (Å²) in [6.45, 7) is 0. The molecule has 1 aromatic heterocycles. The zero-order valence-corrected chi connectivity index (χ0v) is 17.9. The van der Waals surface area contributed by atoms with Crippen molar-refractivity contribution in [1.29, 1.82) is 0 Å². The summed E-state index contributed by atoms with van der Waals surface area (Å²) in [4.78, 5) is 24.5. The monoisotopic (exact) mass is 469 g/mol. The first kappa shape index (κ1) is 21.4. The third-order valence-electron chi connectivity index (χ3n) is 4.58. The first-order chi connectivity index (χ1) is 15.2. The van der Waals surface area contributed by atoms with Gasteiger partial charge in [-0.25, -0.2) is 8.42 Å². The molecule has 0 aliphatic carbocycles. The molecule has 0 saturated carbocycles. The molecule has 0 saturated heterocycles. The Morgan fingerprint density at radius 1 is 0.906 bits per heavy atom. The van der Waals surface area contributed by atoms with Gasteiger partial charge in [0, 0.05) is 21.7 Å². The molecule has 0 radical (unpaired) electrons. The number of hydrogen-bond acceptors (Lipinski definition) is 5. The second-order valence-electron chi connectivity index (χ2n) is 6.76. The maximum absolute atomic E-state index is 12.7. The van der Waals surface area contributed by atoms with Gasteiger partial charge in [-0.15, -0.1) is 0 Å². The fraction of sp³-hybridized carbons (Fsp3) is 0. The lowest BCUT2D eigenvalue weighted by atomic mass is 10.1. The largest absolute Gasteiger partial charge is 0.449 e. The van der Waals surface area contributed by atoms with Gasteiger partial charge < -0.3 is 15.5 Å². The molecule has 0 unspecified atom stereocenters. The summed E-state index contributed by atoms with van der Waals surface area (Å²) in [5.74, 6) is -1.50. The molecule has 4 aromatic rings. The zero-order chi connectivity index (χ0) is 22.9. The molecule has 0 aliphatic heterocycles. The van der Waals surface area contributed by atoms with Crippen LogP contribution in [0, 0.1) is 0 Å². The average Bonchev–Trinajstić information content (AvgIpc) is 3.13. The summed E-state index contributed by atoms with van der Waals surface area (Å²) < 4.78 is 32.8. The van der Waals surface area contributed by atoms with E-state index in [2.05, 4.69) is 10.0 Å². The number of hydrogen-bond donors (Lipinski definition) is 3. The molecular weight excluding hydrogens is 454 g/mol. The van der Waals surface area contributed by atoms with Gasteiger partial charge in [-0.05, 0) is 60.7 Å². The Labute approximate surface area is 188 Å². The van der Waals surface area contributed by atoms with Gasteiger partial charge in [-0.2, -0.15) is 0 Å². The summed E-state index contributed by atoms with van der Waals surface area (Å²) in [5.41, 5.74) is 6.45. The maximum atomic E-state index is 12.7. The van der Waals surface area contributed by atoms with Gasteiger partial charge in [0.2, 0.25) is 5.76 Å². The van der Waals surface area contributed by atoms with Gasteiger partial charge in [0.1, 0.15) is 11.3 Å². The summed E-state index contributed by atoms with van der Waals surface area (Å²) in [5, 5.41) is 3.60. The third-order valence-corrected chi connectivity index (χ3v) is 6.23. The molecule has 0 fully saturated rings. The number of para-hydroxylation sites is 1. The number of nitrogens with one attached hydrogen (secondary N) is 2. The van der Waals surface area contributed by atoms with Crippen molar-refractivity contribution in [1.82, 2.24) is 0 Å². The molecular formula is C22H16ClN3O5S. The number of rotatable bonds is 6. The molecule has 0 atom stereocenters. The number of furan rings is 1. The minimum atomic E-state index is -3.82. The second-order valence-corrected chi connectivity index (χ2v) is 8.88.